The maximum atomic E-state index is 11.1. The molecule has 0 saturated heterocycles. The van der Waals surface area contributed by atoms with Gasteiger partial charge in [0.25, 0.3) is 0 Å². The fourth-order valence-corrected chi connectivity index (χ4v) is 2.10. The number of carboxylic acids is 1. The van der Waals surface area contributed by atoms with Gasteiger partial charge in [0, 0.05) is 17.9 Å². The fourth-order valence-electron chi connectivity index (χ4n) is 2.10. The van der Waals surface area contributed by atoms with E-state index in [1.807, 2.05) is 34.9 Å². The molecule has 1 aromatic heterocycles. The number of carboxylic acid groups (broad SMARTS) is 1. The number of aliphatic hydroxyl groups excluding tert-OH is 1. The zero-order valence-electron chi connectivity index (χ0n) is 10.1. The Morgan fingerprint density at radius 3 is 2.50 bits per heavy atom. The number of aromatic nitrogens is 1. The van der Waals surface area contributed by atoms with E-state index >= 15 is 0 Å². The quantitative estimate of drug-likeness (QED) is 0.867. The van der Waals surface area contributed by atoms with Crippen LogP contribution in [0.5, 0.6) is 0 Å². The van der Waals surface area contributed by atoms with Crippen molar-refractivity contribution in [2.45, 2.75) is 13.5 Å². The Morgan fingerprint density at radius 2 is 1.94 bits per heavy atom. The lowest BCUT2D eigenvalue weighted by Crippen LogP contribution is -2.07. The van der Waals surface area contributed by atoms with Crippen LogP contribution in [0.2, 0.25) is 0 Å². The molecular weight excluding hydrogens is 230 g/mol. The van der Waals surface area contributed by atoms with Gasteiger partial charge in [-0.05, 0) is 18.6 Å². The molecule has 1 aromatic carbocycles. The van der Waals surface area contributed by atoms with Crippen molar-refractivity contribution < 1.29 is 15.0 Å². The van der Waals surface area contributed by atoms with Crippen LogP contribution in [0.25, 0.3) is 11.3 Å². The molecule has 2 aromatic rings. The van der Waals surface area contributed by atoms with Gasteiger partial charge in [-0.1, -0.05) is 30.3 Å². The number of benzene rings is 1. The molecule has 0 amide bonds. The molecule has 4 nitrogen and oxygen atoms in total. The molecule has 0 spiro atoms. The molecule has 0 radical (unpaired) electrons. The standard InChI is InChI=1S/C14H15NO3/c1-10-12(14(17)18)9-13(15(10)7-8-16)11-5-3-2-4-6-11/h2-6,9,16H,7-8H2,1H3,(H,17,18). The molecule has 1 heterocycles. The van der Waals surface area contributed by atoms with Crippen molar-refractivity contribution in [2.24, 2.45) is 0 Å². The average Bonchev–Trinajstić information content (AvgIpc) is 2.69. The molecule has 4 heteroatoms. The van der Waals surface area contributed by atoms with Gasteiger partial charge in [0.05, 0.1) is 12.2 Å². The number of rotatable bonds is 4. The van der Waals surface area contributed by atoms with Crippen molar-refractivity contribution >= 4 is 5.97 Å². The van der Waals surface area contributed by atoms with Gasteiger partial charge in [0.1, 0.15) is 0 Å². The summed E-state index contributed by atoms with van der Waals surface area (Å²) >= 11 is 0. The van der Waals surface area contributed by atoms with Gasteiger partial charge in [-0.3, -0.25) is 0 Å². The van der Waals surface area contributed by atoms with Crippen molar-refractivity contribution in [3.63, 3.8) is 0 Å². The molecule has 0 aliphatic carbocycles. The monoisotopic (exact) mass is 245 g/mol. The maximum absolute atomic E-state index is 11.1. The molecule has 0 saturated carbocycles. The Labute approximate surface area is 105 Å². The minimum absolute atomic E-state index is 0.0194. The van der Waals surface area contributed by atoms with E-state index in [4.69, 9.17) is 10.2 Å². The lowest BCUT2D eigenvalue weighted by molar-refractivity contribution is 0.0696. The Kier molecular flexibility index (Phi) is 3.48. The highest BCUT2D eigenvalue weighted by Crippen LogP contribution is 2.25. The summed E-state index contributed by atoms with van der Waals surface area (Å²) < 4.78 is 1.83. The summed E-state index contributed by atoms with van der Waals surface area (Å²) in [7, 11) is 0. The van der Waals surface area contributed by atoms with Crippen LogP contribution in [0.3, 0.4) is 0 Å². The summed E-state index contributed by atoms with van der Waals surface area (Å²) in [6.45, 7) is 2.13. The first-order valence-electron chi connectivity index (χ1n) is 5.75. The van der Waals surface area contributed by atoms with Crippen molar-refractivity contribution in [2.75, 3.05) is 6.61 Å². The van der Waals surface area contributed by atoms with Crippen LogP contribution < -0.4 is 0 Å². The Morgan fingerprint density at radius 1 is 1.28 bits per heavy atom. The van der Waals surface area contributed by atoms with Crippen LogP contribution in [0.15, 0.2) is 36.4 Å². The highest BCUT2D eigenvalue weighted by atomic mass is 16.4. The van der Waals surface area contributed by atoms with E-state index in [1.165, 1.54) is 0 Å². The number of nitrogens with zero attached hydrogens (tertiary/aromatic N) is 1. The van der Waals surface area contributed by atoms with E-state index in [9.17, 15) is 4.79 Å². The summed E-state index contributed by atoms with van der Waals surface area (Å²) in [5.74, 6) is -0.943. The molecule has 0 unspecified atom stereocenters. The Hall–Kier alpha value is -2.07. The highest BCUT2D eigenvalue weighted by Gasteiger charge is 2.17. The summed E-state index contributed by atoms with van der Waals surface area (Å²) in [6.07, 6.45) is 0. The first-order valence-corrected chi connectivity index (χ1v) is 5.75. The third kappa shape index (κ3) is 2.15. The Bertz CT molecular complexity index is 558. The molecule has 2 N–H and O–H groups in total. The van der Waals surface area contributed by atoms with E-state index in [0.717, 1.165) is 11.3 Å². The summed E-state index contributed by atoms with van der Waals surface area (Å²) in [5.41, 5.74) is 2.71. The van der Waals surface area contributed by atoms with Gasteiger partial charge in [-0.15, -0.1) is 0 Å². The second-order valence-electron chi connectivity index (χ2n) is 4.08. The molecule has 0 bridgehead atoms. The third-order valence-electron chi connectivity index (χ3n) is 2.99. The van der Waals surface area contributed by atoms with Gasteiger partial charge < -0.3 is 14.8 Å². The molecule has 18 heavy (non-hydrogen) atoms. The molecule has 2 rings (SSSR count). The SMILES string of the molecule is Cc1c(C(=O)O)cc(-c2ccccc2)n1CCO. The number of hydrogen-bond acceptors (Lipinski definition) is 2. The fraction of sp³-hybridized carbons (Fsp3) is 0.214. The van der Waals surface area contributed by atoms with Crippen LogP contribution in [0.1, 0.15) is 16.1 Å². The van der Waals surface area contributed by atoms with Crippen molar-refractivity contribution in [3.05, 3.63) is 47.7 Å². The number of aromatic carboxylic acids is 1. The van der Waals surface area contributed by atoms with Crippen molar-refractivity contribution in [3.8, 4) is 11.3 Å². The first-order chi connectivity index (χ1) is 8.65. The third-order valence-corrected chi connectivity index (χ3v) is 2.99. The van der Waals surface area contributed by atoms with Gasteiger partial charge in [0.2, 0.25) is 0 Å². The van der Waals surface area contributed by atoms with E-state index in [1.54, 1.807) is 13.0 Å². The second-order valence-corrected chi connectivity index (χ2v) is 4.08. The number of hydrogen-bond donors (Lipinski definition) is 2. The van der Waals surface area contributed by atoms with E-state index in [0.29, 0.717) is 12.2 Å². The number of aliphatic hydroxyl groups is 1. The molecule has 0 aliphatic rings. The van der Waals surface area contributed by atoms with E-state index in [2.05, 4.69) is 0 Å². The lowest BCUT2D eigenvalue weighted by Gasteiger charge is -2.10. The summed E-state index contributed by atoms with van der Waals surface area (Å²) in [5, 5.41) is 18.2. The summed E-state index contributed by atoms with van der Waals surface area (Å²) in [6, 6.07) is 11.2. The van der Waals surface area contributed by atoms with Crippen LogP contribution in [-0.2, 0) is 6.54 Å². The molecule has 0 aliphatic heterocycles. The average molecular weight is 245 g/mol. The summed E-state index contributed by atoms with van der Waals surface area (Å²) in [4.78, 5) is 11.1. The lowest BCUT2D eigenvalue weighted by atomic mass is 10.1. The zero-order valence-corrected chi connectivity index (χ0v) is 10.1. The largest absolute Gasteiger partial charge is 0.478 e. The minimum Gasteiger partial charge on any atom is -0.478 e. The topological polar surface area (TPSA) is 62.5 Å². The smallest absolute Gasteiger partial charge is 0.337 e. The van der Waals surface area contributed by atoms with Gasteiger partial charge >= 0.3 is 5.97 Å². The van der Waals surface area contributed by atoms with Crippen LogP contribution >= 0.6 is 0 Å². The molecular formula is C14H15NO3. The van der Waals surface area contributed by atoms with E-state index in [-0.39, 0.29) is 12.2 Å². The van der Waals surface area contributed by atoms with Gasteiger partial charge in [-0.25, -0.2) is 4.79 Å². The van der Waals surface area contributed by atoms with Crippen molar-refractivity contribution in [1.29, 1.82) is 0 Å². The molecule has 0 atom stereocenters. The second kappa shape index (κ2) is 5.06. The van der Waals surface area contributed by atoms with Crippen LogP contribution in [0, 0.1) is 6.92 Å². The van der Waals surface area contributed by atoms with E-state index < -0.39 is 5.97 Å². The highest BCUT2D eigenvalue weighted by molar-refractivity contribution is 5.91. The van der Waals surface area contributed by atoms with Crippen LogP contribution in [-0.4, -0.2) is 27.4 Å². The minimum atomic E-state index is -0.943. The normalized spacial score (nSPS) is 10.6. The first kappa shape index (κ1) is 12.4. The Balaban J connectivity index is 2.59. The predicted octanol–water partition coefficient (Wildman–Crippen LogP) is 2.15. The molecule has 0 fully saturated rings. The predicted molar refractivity (Wildman–Crippen MR) is 68.7 cm³/mol. The van der Waals surface area contributed by atoms with Crippen LogP contribution in [0.4, 0.5) is 0 Å². The van der Waals surface area contributed by atoms with Gasteiger partial charge in [0.15, 0.2) is 0 Å². The number of carbonyl (C=O) groups is 1. The van der Waals surface area contributed by atoms with Crippen molar-refractivity contribution in [1.82, 2.24) is 4.57 Å². The van der Waals surface area contributed by atoms with Gasteiger partial charge in [-0.2, -0.15) is 0 Å². The maximum Gasteiger partial charge on any atom is 0.337 e. The molecule has 94 valence electrons. The zero-order chi connectivity index (χ0) is 13.1.